The lowest BCUT2D eigenvalue weighted by Gasteiger charge is -2.14. The molecule has 0 atom stereocenters. The van der Waals surface area contributed by atoms with Crippen molar-refractivity contribution in [3.05, 3.63) is 81.5 Å². The van der Waals surface area contributed by atoms with Crippen LogP contribution in [0.1, 0.15) is 23.2 Å². The summed E-state index contributed by atoms with van der Waals surface area (Å²) < 4.78 is 5.20. The number of aromatic nitrogens is 2. The van der Waals surface area contributed by atoms with Crippen LogP contribution in [0.3, 0.4) is 0 Å². The summed E-state index contributed by atoms with van der Waals surface area (Å²) >= 11 is 0. The van der Waals surface area contributed by atoms with Gasteiger partial charge in [0.25, 0.3) is 5.69 Å². The monoisotopic (exact) mass is 477 g/mol. The average Bonchev–Trinajstić information content (AvgIpc) is 2.82. The molecule has 3 aromatic rings. The molecule has 2 N–H and O–H groups in total. The van der Waals surface area contributed by atoms with E-state index in [1.165, 1.54) is 24.3 Å². The predicted molar refractivity (Wildman–Crippen MR) is 135 cm³/mol. The molecule has 3 rings (SSSR count). The van der Waals surface area contributed by atoms with Gasteiger partial charge in [0, 0.05) is 43.7 Å². The van der Waals surface area contributed by atoms with Gasteiger partial charge in [-0.2, -0.15) is 10.1 Å². The molecule has 0 aliphatic carbocycles. The van der Waals surface area contributed by atoms with Crippen molar-refractivity contribution in [1.29, 1.82) is 0 Å². The number of non-ortho nitro benzene ring substituents is 1. The van der Waals surface area contributed by atoms with E-state index >= 15 is 0 Å². The van der Waals surface area contributed by atoms with Gasteiger partial charge in [-0.25, -0.2) is 15.2 Å². The molecule has 11 nitrogen and oxygen atoms in total. The lowest BCUT2D eigenvalue weighted by atomic mass is 10.2. The maximum absolute atomic E-state index is 12.0. The van der Waals surface area contributed by atoms with Crippen LogP contribution in [-0.4, -0.2) is 47.9 Å². The number of hydrogen-bond donors (Lipinski definition) is 2. The highest BCUT2D eigenvalue weighted by Crippen LogP contribution is 2.16. The maximum atomic E-state index is 12.0. The number of ether oxygens (including phenoxy) is 1. The molecule has 0 bridgehead atoms. The van der Waals surface area contributed by atoms with Crippen LogP contribution in [0.5, 0.6) is 0 Å². The second kappa shape index (κ2) is 12.1. The zero-order chi connectivity index (χ0) is 25.2. The zero-order valence-electron chi connectivity index (χ0n) is 19.8. The molecule has 1 heterocycles. The molecule has 0 unspecified atom stereocenters. The number of rotatable bonds is 10. The number of hydrazone groups is 1. The first kappa shape index (κ1) is 25.1. The smallest absolute Gasteiger partial charge is 0.411 e. The van der Waals surface area contributed by atoms with Crippen LogP contribution in [0.25, 0.3) is 0 Å². The molecule has 35 heavy (non-hydrogen) atoms. The molecule has 0 fully saturated rings. The molecule has 0 radical (unpaired) electrons. The predicted octanol–water partition coefficient (Wildman–Crippen LogP) is 4.39. The summed E-state index contributed by atoms with van der Waals surface area (Å²) in [4.78, 5) is 33.0. The van der Waals surface area contributed by atoms with E-state index in [4.69, 9.17) is 4.74 Å². The van der Waals surface area contributed by atoms with E-state index in [-0.39, 0.29) is 12.3 Å². The van der Waals surface area contributed by atoms with Crippen LogP contribution in [0.15, 0.2) is 59.7 Å². The minimum Gasteiger partial charge on any atom is -0.449 e. The first-order chi connectivity index (χ1) is 16.8. The minimum absolute atomic E-state index is 0.0550. The third-order valence-corrected chi connectivity index (χ3v) is 4.78. The van der Waals surface area contributed by atoms with Crippen molar-refractivity contribution >= 4 is 35.4 Å². The van der Waals surface area contributed by atoms with Crippen molar-refractivity contribution in [2.24, 2.45) is 5.10 Å². The van der Waals surface area contributed by atoms with E-state index in [9.17, 15) is 14.9 Å². The van der Waals surface area contributed by atoms with Gasteiger partial charge in [-0.05, 0) is 37.5 Å². The zero-order valence-corrected chi connectivity index (χ0v) is 19.8. The van der Waals surface area contributed by atoms with Gasteiger partial charge in [0.15, 0.2) is 0 Å². The summed E-state index contributed by atoms with van der Waals surface area (Å²) in [5, 5.41) is 17.5. The van der Waals surface area contributed by atoms with Gasteiger partial charge in [-0.3, -0.25) is 15.4 Å². The second-order valence-corrected chi connectivity index (χ2v) is 7.89. The van der Waals surface area contributed by atoms with Gasteiger partial charge >= 0.3 is 6.09 Å². The lowest BCUT2D eigenvalue weighted by Crippen LogP contribution is -2.15. The van der Waals surface area contributed by atoms with Gasteiger partial charge in [-0.15, -0.1) is 0 Å². The van der Waals surface area contributed by atoms with Crippen LogP contribution in [-0.2, 0) is 11.2 Å². The molecule has 1 aromatic heterocycles. The molecule has 2 aromatic carbocycles. The molecule has 1 amide bonds. The Bertz CT molecular complexity index is 1200. The van der Waals surface area contributed by atoms with Crippen molar-refractivity contribution in [1.82, 2.24) is 9.97 Å². The van der Waals surface area contributed by atoms with Crippen LogP contribution in [0.2, 0.25) is 0 Å². The number of carbonyl (C=O) groups excluding carboxylic acids is 1. The van der Waals surface area contributed by atoms with Crippen molar-refractivity contribution in [3.63, 3.8) is 0 Å². The number of anilines is 3. The fourth-order valence-corrected chi connectivity index (χ4v) is 3.04. The van der Waals surface area contributed by atoms with Crippen molar-refractivity contribution in [2.75, 3.05) is 36.3 Å². The number of amides is 1. The Kier molecular flexibility index (Phi) is 8.65. The number of hydrogen-bond acceptors (Lipinski definition) is 9. The summed E-state index contributed by atoms with van der Waals surface area (Å²) in [5.74, 6) is 1.09. The average molecular weight is 478 g/mol. The van der Waals surface area contributed by atoms with E-state index in [1.54, 1.807) is 6.21 Å². The van der Waals surface area contributed by atoms with Gasteiger partial charge < -0.3 is 9.64 Å². The first-order valence-electron chi connectivity index (χ1n) is 10.9. The third kappa shape index (κ3) is 8.07. The van der Waals surface area contributed by atoms with Gasteiger partial charge in [0.1, 0.15) is 5.82 Å². The van der Waals surface area contributed by atoms with E-state index in [0.717, 1.165) is 22.6 Å². The molecule has 0 saturated heterocycles. The number of nitrogens with one attached hydrogen (secondary N) is 2. The Hall–Kier alpha value is -4.54. The van der Waals surface area contributed by atoms with Crippen molar-refractivity contribution < 1.29 is 14.5 Å². The lowest BCUT2D eigenvalue weighted by molar-refractivity contribution is -0.384. The summed E-state index contributed by atoms with van der Waals surface area (Å²) in [6.07, 6.45) is 2.17. The topological polar surface area (TPSA) is 135 Å². The standard InChI is InChI=1S/C24H27N7O4/c1-17-6-4-7-18(14-17)16-25-29-23-26-20(15-22(28-23)30(2)3)8-5-13-35-24(32)27-19-9-11-21(12-10-19)31(33)34/h4,6-7,9-12,14-16H,5,8,13H2,1-3H3,(H,27,32)(H,26,28,29)/b25-16+. The van der Waals surface area contributed by atoms with Crippen LogP contribution in [0, 0.1) is 17.0 Å². The van der Waals surface area contributed by atoms with Gasteiger partial charge in [0.05, 0.1) is 17.7 Å². The van der Waals surface area contributed by atoms with Crippen molar-refractivity contribution in [2.45, 2.75) is 19.8 Å². The first-order valence-corrected chi connectivity index (χ1v) is 10.9. The Balaban J connectivity index is 1.51. The number of nitro benzene ring substituents is 1. The fourth-order valence-electron chi connectivity index (χ4n) is 3.04. The second-order valence-electron chi connectivity index (χ2n) is 7.89. The van der Waals surface area contributed by atoms with Crippen LogP contribution < -0.4 is 15.6 Å². The molecular weight excluding hydrogens is 450 g/mol. The van der Waals surface area contributed by atoms with Gasteiger partial charge in [0.2, 0.25) is 5.95 Å². The van der Waals surface area contributed by atoms with E-state index in [0.29, 0.717) is 24.5 Å². The Labute approximate surface area is 203 Å². The number of benzene rings is 2. The maximum Gasteiger partial charge on any atom is 0.411 e. The van der Waals surface area contributed by atoms with E-state index in [1.807, 2.05) is 56.3 Å². The third-order valence-electron chi connectivity index (χ3n) is 4.78. The fraction of sp³-hybridized carbons (Fsp3) is 0.250. The highest BCUT2D eigenvalue weighted by Gasteiger charge is 2.09. The molecular formula is C24H27N7O4. The minimum atomic E-state index is -0.636. The molecule has 0 aliphatic rings. The van der Waals surface area contributed by atoms with Gasteiger partial charge in [-0.1, -0.05) is 29.8 Å². The summed E-state index contributed by atoms with van der Waals surface area (Å²) in [6.45, 7) is 2.19. The SMILES string of the molecule is Cc1cccc(/C=N/Nc2nc(CCCOC(=O)Nc3ccc([N+](=O)[O-])cc3)cc(N(C)C)n2)c1. The normalized spacial score (nSPS) is 10.7. The van der Waals surface area contributed by atoms with Crippen LogP contribution >= 0.6 is 0 Å². The Morgan fingerprint density at radius 2 is 1.94 bits per heavy atom. The molecule has 182 valence electrons. The molecule has 0 aliphatic heterocycles. The quantitative estimate of drug-likeness (QED) is 0.190. The number of nitrogens with zero attached hydrogens (tertiary/aromatic N) is 5. The van der Waals surface area contributed by atoms with E-state index < -0.39 is 11.0 Å². The highest BCUT2D eigenvalue weighted by atomic mass is 16.6. The van der Waals surface area contributed by atoms with Crippen LogP contribution in [0.4, 0.5) is 27.9 Å². The Morgan fingerprint density at radius 3 is 2.63 bits per heavy atom. The summed E-state index contributed by atoms with van der Waals surface area (Å²) in [6, 6.07) is 15.3. The van der Waals surface area contributed by atoms with E-state index in [2.05, 4.69) is 25.8 Å². The molecule has 0 saturated carbocycles. The number of nitro groups is 1. The highest BCUT2D eigenvalue weighted by molar-refractivity contribution is 5.84. The molecule has 11 heteroatoms. The summed E-state index contributed by atoms with van der Waals surface area (Å²) in [7, 11) is 3.77. The summed E-state index contributed by atoms with van der Waals surface area (Å²) in [5.41, 5.74) is 6.12. The van der Waals surface area contributed by atoms with Crippen molar-refractivity contribution in [3.8, 4) is 0 Å². The molecule has 0 spiro atoms. The number of carbonyl (C=O) groups is 1. The number of aryl methyl sites for hydroxylation is 2. The Morgan fingerprint density at radius 1 is 1.17 bits per heavy atom. The largest absolute Gasteiger partial charge is 0.449 e.